The number of hydrogen-bond donors (Lipinski definition) is 1. The highest BCUT2D eigenvalue weighted by Crippen LogP contribution is 2.22. The Morgan fingerprint density at radius 3 is 2.94 bits per heavy atom. The van der Waals surface area contributed by atoms with Crippen LogP contribution in [0.15, 0.2) is 22.7 Å². The van der Waals surface area contributed by atoms with Crippen LogP contribution in [0.25, 0.3) is 5.69 Å². The second kappa shape index (κ2) is 5.37. The molecule has 1 heterocycles. The summed E-state index contributed by atoms with van der Waals surface area (Å²) in [5.74, 6) is 0.802. The van der Waals surface area contributed by atoms with Gasteiger partial charge in [0.2, 0.25) is 0 Å². The summed E-state index contributed by atoms with van der Waals surface area (Å²) >= 11 is 3.53. The Morgan fingerprint density at radius 2 is 2.24 bits per heavy atom. The third kappa shape index (κ3) is 2.70. The van der Waals surface area contributed by atoms with E-state index in [2.05, 4.69) is 43.7 Å². The SMILES string of the molecule is CCNCc1nnnn1-c1ccc(C)cc1Br. The second-order valence-electron chi connectivity index (χ2n) is 3.74. The first-order valence-electron chi connectivity index (χ1n) is 5.47. The van der Waals surface area contributed by atoms with Crippen LogP contribution in [-0.4, -0.2) is 26.8 Å². The molecule has 0 saturated heterocycles. The monoisotopic (exact) mass is 295 g/mol. The zero-order valence-corrected chi connectivity index (χ0v) is 11.4. The molecule has 0 spiro atoms. The molecule has 0 saturated carbocycles. The molecular formula is C11H14BrN5. The van der Waals surface area contributed by atoms with Crippen molar-refractivity contribution in [1.82, 2.24) is 25.5 Å². The van der Waals surface area contributed by atoms with E-state index in [1.54, 1.807) is 4.68 Å². The van der Waals surface area contributed by atoms with E-state index in [0.717, 1.165) is 22.5 Å². The van der Waals surface area contributed by atoms with Crippen LogP contribution in [0.5, 0.6) is 0 Å². The summed E-state index contributed by atoms with van der Waals surface area (Å²) in [7, 11) is 0. The quantitative estimate of drug-likeness (QED) is 0.935. The van der Waals surface area contributed by atoms with E-state index in [1.807, 2.05) is 25.1 Å². The number of nitrogens with one attached hydrogen (secondary N) is 1. The van der Waals surface area contributed by atoms with Crippen molar-refractivity contribution >= 4 is 15.9 Å². The normalized spacial score (nSPS) is 10.8. The highest BCUT2D eigenvalue weighted by Gasteiger charge is 2.10. The van der Waals surface area contributed by atoms with Gasteiger partial charge < -0.3 is 5.32 Å². The molecule has 17 heavy (non-hydrogen) atoms. The zero-order chi connectivity index (χ0) is 12.3. The minimum atomic E-state index is 0.657. The maximum atomic E-state index is 4.02. The van der Waals surface area contributed by atoms with Crippen molar-refractivity contribution < 1.29 is 0 Å². The van der Waals surface area contributed by atoms with Gasteiger partial charge >= 0.3 is 0 Å². The molecule has 0 aliphatic carbocycles. The average molecular weight is 296 g/mol. The summed E-state index contributed by atoms with van der Waals surface area (Å²) in [6.45, 7) is 5.65. The summed E-state index contributed by atoms with van der Waals surface area (Å²) in [5.41, 5.74) is 2.15. The summed E-state index contributed by atoms with van der Waals surface area (Å²) in [6.07, 6.45) is 0. The lowest BCUT2D eigenvalue weighted by atomic mass is 10.2. The fourth-order valence-electron chi connectivity index (χ4n) is 1.52. The number of nitrogens with zero attached hydrogens (tertiary/aromatic N) is 4. The zero-order valence-electron chi connectivity index (χ0n) is 9.81. The fraction of sp³-hybridized carbons (Fsp3) is 0.364. The Morgan fingerprint density at radius 1 is 1.41 bits per heavy atom. The Hall–Kier alpha value is -1.27. The van der Waals surface area contributed by atoms with E-state index < -0.39 is 0 Å². The predicted molar refractivity (Wildman–Crippen MR) is 69.0 cm³/mol. The molecule has 6 heteroatoms. The van der Waals surface area contributed by atoms with Gasteiger partial charge in [-0.25, -0.2) is 0 Å². The number of rotatable bonds is 4. The lowest BCUT2D eigenvalue weighted by Crippen LogP contribution is -2.16. The van der Waals surface area contributed by atoms with Crippen molar-refractivity contribution in [3.63, 3.8) is 0 Å². The smallest absolute Gasteiger partial charge is 0.170 e. The summed E-state index contributed by atoms with van der Waals surface area (Å²) in [4.78, 5) is 0. The first-order chi connectivity index (χ1) is 8.22. The number of aryl methyl sites for hydroxylation is 1. The lowest BCUT2D eigenvalue weighted by molar-refractivity contribution is 0.663. The van der Waals surface area contributed by atoms with Crippen LogP contribution in [0.2, 0.25) is 0 Å². The highest BCUT2D eigenvalue weighted by atomic mass is 79.9. The molecule has 0 unspecified atom stereocenters. The van der Waals surface area contributed by atoms with Crippen LogP contribution < -0.4 is 5.32 Å². The lowest BCUT2D eigenvalue weighted by Gasteiger charge is -2.07. The van der Waals surface area contributed by atoms with Gasteiger partial charge in [-0.3, -0.25) is 0 Å². The number of benzene rings is 1. The molecule has 0 radical (unpaired) electrons. The number of aromatic nitrogens is 4. The Bertz CT molecular complexity index is 508. The van der Waals surface area contributed by atoms with Crippen LogP contribution in [0, 0.1) is 6.92 Å². The number of tetrazole rings is 1. The van der Waals surface area contributed by atoms with Crippen molar-refractivity contribution in [3.05, 3.63) is 34.1 Å². The van der Waals surface area contributed by atoms with Crippen LogP contribution in [-0.2, 0) is 6.54 Å². The van der Waals surface area contributed by atoms with E-state index in [-0.39, 0.29) is 0 Å². The minimum absolute atomic E-state index is 0.657. The molecule has 0 amide bonds. The van der Waals surface area contributed by atoms with Gasteiger partial charge in [-0.05, 0) is 57.5 Å². The maximum absolute atomic E-state index is 4.02. The molecule has 1 aromatic heterocycles. The van der Waals surface area contributed by atoms with Gasteiger partial charge in [0.25, 0.3) is 0 Å². The van der Waals surface area contributed by atoms with Gasteiger partial charge in [-0.1, -0.05) is 13.0 Å². The van der Waals surface area contributed by atoms with Crippen molar-refractivity contribution in [2.24, 2.45) is 0 Å². The van der Waals surface area contributed by atoms with E-state index in [4.69, 9.17) is 0 Å². The Labute approximate surface area is 108 Å². The molecule has 0 aliphatic rings. The van der Waals surface area contributed by atoms with Gasteiger partial charge in [0.1, 0.15) is 0 Å². The molecule has 2 aromatic rings. The summed E-state index contributed by atoms with van der Waals surface area (Å²) < 4.78 is 2.73. The molecule has 5 nitrogen and oxygen atoms in total. The molecule has 2 rings (SSSR count). The van der Waals surface area contributed by atoms with E-state index in [0.29, 0.717) is 6.54 Å². The van der Waals surface area contributed by atoms with Crippen molar-refractivity contribution in [3.8, 4) is 5.69 Å². The molecular weight excluding hydrogens is 282 g/mol. The van der Waals surface area contributed by atoms with E-state index >= 15 is 0 Å². The molecule has 0 bridgehead atoms. The highest BCUT2D eigenvalue weighted by molar-refractivity contribution is 9.10. The first kappa shape index (κ1) is 12.2. The molecule has 0 fully saturated rings. The predicted octanol–water partition coefficient (Wildman–Crippen LogP) is 1.84. The molecule has 1 aromatic carbocycles. The third-order valence-electron chi connectivity index (χ3n) is 2.40. The van der Waals surface area contributed by atoms with Crippen molar-refractivity contribution in [2.45, 2.75) is 20.4 Å². The summed E-state index contributed by atoms with van der Waals surface area (Å²) in [5, 5.41) is 15.0. The van der Waals surface area contributed by atoms with Crippen LogP contribution >= 0.6 is 15.9 Å². The van der Waals surface area contributed by atoms with Gasteiger partial charge in [-0.2, -0.15) is 4.68 Å². The summed E-state index contributed by atoms with van der Waals surface area (Å²) in [6, 6.07) is 6.10. The largest absolute Gasteiger partial charge is 0.310 e. The van der Waals surface area contributed by atoms with Gasteiger partial charge in [0.15, 0.2) is 5.82 Å². The topological polar surface area (TPSA) is 55.6 Å². The van der Waals surface area contributed by atoms with Gasteiger partial charge in [-0.15, -0.1) is 5.10 Å². The fourth-order valence-corrected chi connectivity index (χ4v) is 2.18. The van der Waals surface area contributed by atoms with E-state index in [9.17, 15) is 0 Å². The van der Waals surface area contributed by atoms with Gasteiger partial charge in [0.05, 0.1) is 12.2 Å². The molecule has 0 atom stereocenters. The minimum Gasteiger partial charge on any atom is -0.310 e. The Kier molecular flexibility index (Phi) is 3.86. The second-order valence-corrected chi connectivity index (χ2v) is 4.60. The van der Waals surface area contributed by atoms with Crippen LogP contribution in [0.1, 0.15) is 18.3 Å². The molecule has 90 valence electrons. The third-order valence-corrected chi connectivity index (χ3v) is 3.03. The Balaban J connectivity index is 2.35. The first-order valence-corrected chi connectivity index (χ1v) is 6.26. The maximum Gasteiger partial charge on any atom is 0.170 e. The standard InChI is InChI=1S/C11H14BrN5/c1-3-13-7-11-14-15-16-17(11)10-5-4-8(2)6-9(10)12/h4-6,13H,3,7H2,1-2H3. The molecule has 0 aliphatic heterocycles. The van der Waals surface area contributed by atoms with E-state index in [1.165, 1.54) is 5.56 Å². The van der Waals surface area contributed by atoms with Crippen molar-refractivity contribution in [2.75, 3.05) is 6.54 Å². The average Bonchev–Trinajstić information content (AvgIpc) is 2.74. The number of halogens is 1. The number of hydrogen-bond acceptors (Lipinski definition) is 4. The van der Waals surface area contributed by atoms with Crippen LogP contribution in [0.3, 0.4) is 0 Å². The van der Waals surface area contributed by atoms with Gasteiger partial charge in [0, 0.05) is 4.47 Å². The van der Waals surface area contributed by atoms with Crippen LogP contribution in [0.4, 0.5) is 0 Å². The molecule has 1 N–H and O–H groups in total. The van der Waals surface area contributed by atoms with Crippen molar-refractivity contribution in [1.29, 1.82) is 0 Å².